The smallest absolute Gasteiger partial charge is 0.195 e. The van der Waals surface area contributed by atoms with E-state index in [2.05, 4.69) is 13.0 Å². The normalized spacial score (nSPS) is 30.4. The molecule has 0 amide bonds. The molecular formula is C24H38FN. The van der Waals surface area contributed by atoms with Crippen LogP contribution in [0.4, 0.5) is 4.39 Å². The maximum atomic E-state index is 12.8. The Morgan fingerprint density at radius 1 is 0.923 bits per heavy atom. The van der Waals surface area contributed by atoms with Gasteiger partial charge in [0.1, 0.15) is 6.07 Å². The molecule has 2 aliphatic carbocycles. The van der Waals surface area contributed by atoms with Crippen LogP contribution in [0, 0.1) is 35.0 Å². The van der Waals surface area contributed by atoms with Crippen molar-refractivity contribution in [3.8, 4) is 6.07 Å². The van der Waals surface area contributed by atoms with Crippen molar-refractivity contribution in [3.63, 3.8) is 0 Å². The van der Waals surface area contributed by atoms with Crippen molar-refractivity contribution in [3.05, 3.63) is 24.1 Å². The van der Waals surface area contributed by atoms with Gasteiger partial charge < -0.3 is 0 Å². The molecule has 0 aromatic rings. The predicted octanol–water partition coefficient (Wildman–Crippen LogP) is 7.89. The summed E-state index contributed by atoms with van der Waals surface area (Å²) < 4.78 is 12.8. The lowest BCUT2D eigenvalue weighted by atomic mass is 9.68. The first-order valence-electron chi connectivity index (χ1n) is 11.2. The number of hydrogen-bond donors (Lipinski definition) is 0. The van der Waals surface area contributed by atoms with Gasteiger partial charge in [-0.05, 0) is 68.3 Å². The van der Waals surface area contributed by atoms with Gasteiger partial charge in [0.25, 0.3) is 0 Å². The zero-order chi connectivity index (χ0) is 18.6. The number of rotatable bonds is 9. The van der Waals surface area contributed by atoms with Crippen LogP contribution >= 0.6 is 0 Å². The molecule has 0 aromatic carbocycles. The Labute approximate surface area is 160 Å². The third-order valence-corrected chi connectivity index (χ3v) is 6.82. The van der Waals surface area contributed by atoms with Gasteiger partial charge in [0, 0.05) is 0 Å². The summed E-state index contributed by atoms with van der Waals surface area (Å²) in [6, 6.07) is 1.52. The highest BCUT2D eigenvalue weighted by Crippen LogP contribution is 2.42. The zero-order valence-electron chi connectivity index (χ0n) is 16.8. The topological polar surface area (TPSA) is 23.8 Å². The van der Waals surface area contributed by atoms with E-state index in [9.17, 15) is 4.39 Å². The zero-order valence-corrected chi connectivity index (χ0v) is 16.8. The molecule has 2 heteroatoms. The van der Waals surface area contributed by atoms with Crippen LogP contribution in [-0.4, -0.2) is 0 Å². The molecule has 0 unspecified atom stereocenters. The van der Waals surface area contributed by atoms with Crippen molar-refractivity contribution >= 4 is 0 Å². The minimum atomic E-state index is -0.697. The molecule has 2 aliphatic rings. The largest absolute Gasteiger partial charge is 0.199 e. The molecule has 1 nitrogen and oxygen atoms in total. The quantitative estimate of drug-likeness (QED) is 0.233. The fourth-order valence-corrected chi connectivity index (χ4v) is 5.13. The summed E-state index contributed by atoms with van der Waals surface area (Å²) in [7, 11) is 0. The van der Waals surface area contributed by atoms with Crippen molar-refractivity contribution < 1.29 is 4.39 Å². The maximum Gasteiger partial charge on any atom is 0.199 e. The molecule has 0 N–H and O–H groups in total. The van der Waals surface area contributed by atoms with Gasteiger partial charge in [0.15, 0.2) is 5.83 Å². The van der Waals surface area contributed by atoms with Crippen LogP contribution in [0.25, 0.3) is 0 Å². The molecule has 0 bridgehead atoms. The lowest BCUT2D eigenvalue weighted by Gasteiger charge is -2.37. The minimum Gasteiger partial charge on any atom is -0.195 e. The summed E-state index contributed by atoms with van der Waals surface area (Å²) in [6.07, 6.45) is 24.7. The third kappa shape index (κ3) is 7.65. The number of unbranched alkanes of at least 4 members (excludes halogenated alkanes) is 4. The molecule has 2 fully saturated rings. The fraction of sp³-hybridized carbons (Fsp3) is 0.792. The second-order valence-corrected chi connectivity index (χ2v) is 8.67. The first-order chi connectivity index (χ1) is 12.7. The lowest BCUT2D eigenvalue weighted by molar-refractivity contribution is 0.151. The summed E-state index contributed by atoms with van der Waals surface area (Å²) >= 11 is 0. The van der Waals surface area contributed by atoms with Crippen LogP contribution < -0.4 is 0 Å². The molecule has 0 saturated heterocycles. The van der Waals surface area contributed by atoms with Crippen LogP contribution in [0.3, 0.4) is 0 Å². The summed E-state index contributed by atoms with van der Waals surface area (Å²) in [6.45, 7) is 2.29. The summed E-state index contributed by atoms with van der Waals surface area (Å²) in [5.74, 6) is 2.78. The highest BCUT2D eigenvalue weighted by molar-refractivity contribution is 5.19. The first-order valence-corrected chi connectivity index (χ1v) is 11.2. The minimum absolute atomic E-state index is 0.577. The van der Waals surface area contributed by atoms with Gasteiger partial charge in [-0.2, -0.15) is 9.65 Å². The first kappa shape index (κ1) is 21.2. The molecule has 0 radical (unpaired) electrons. The highest BCUT2D eigenvalue weighted by atomic mass is 19.1. The van der Waals surface area contributed by atoms with Crippen LogP contribution in [-0.2, 0) is 0 Å². The molecule has 2 saturated carbocycles. The third-order valence-electron chi connectivity index (χ3n) is 6.82. The monoisotopic (exact) mass is 359 g/mol. The van der Waals surface area contributed by atoms with Crippen LogP contribution in [0.1, 0.15) is 96.8 Å². The number of hydrogen-bond acceptors (Lipinski definition) is 1. The number of nitrogens with zero attached hydrogens (tertiary/aromatic N) is 1. The summed E-state index contributed by atoms with van der Waals surface area (Å²) in [5.41, 5.74) is 0. The Hall–Kier alpha value is -1.10. The summed E-state index contributed by atoms with van der Waals surface area (Å²) in [5, 5.41) is 8.42. The van der Waals surface area contributed by atoms with Crippen LogP contribution in [0.15, 0.2) is 24.1 Å². The van der Waals surface area contributed by atoms with Gasteiger partial charge in [-0.15, -0.1) is 0 Å². The Morgan fingerprint density at radius 3 is 2.15 bits per heavy atom. The van der Waals surface area contributed by atoms with Crippen LogP contribution in [0.5, 0.6) is 0 Å². The number of allylic oxidation sites excluding steroid dienone is 4. The molecule has 0 spiro atoms. The van der Waals surface area contributed by atoms with Crippen molar-refractivity contribution in [1.82, 2.24) is 0 Å². The van der Waals surface area contributed by atoms with E-state index in [0.29, 0.717) is 5.92 Å². The molecule has 146 valence electrons. The van der Waals surface area contributed by atoms with Crippen molar-refractivity contribution in [2.24, 2.45) is 23.7 Å². The average Bonchev–Trinajstić information content (AvgIpc) is 2.69. The molecule has 0 aromatic heterocycles. The van der Waals surface area contributed by atoms with E-state index in [1.54, 1.807) is 6.08 Å². The molecular weight excluding hydrogens is 321 g/mol. The van der Waals surface area contributed by atoms with Crippen LogP contribution in [0.2, 0.25) is 0 Å². The number of nitriles is 1. The van der Waals surface area contributed by atoms with E-state index in [-0.39, 0.29) is 0 Å². The molecule has 26 heavy (non-hydrogen) atoms. The van der Waals surface area contributed by atoms with Gasteiger partial charge in [-0.25, -0.2) is 0 Å². The van der Waals surface area contributed by atoms with Crippen molar-refractivity contribution in [2.45, 2.75) is 96.8 Å². The van der Waals surface area contributed by atoms with Gasteiger partial charge in [-0.3, -0.25) is 0 Å². The standard InChI is InChI=1S/C24H38FN/c1-2-3-4-5-6-8-20-11-15-22(16-12-20)23-17-13-21(14-18-23)9-7-10-24(25)19-26/h7,9-10,20-23H,2-6,8,11-18H2,1H3. The number of halogens is 1. The van der Waals surface area contributed by atoms with Gasteiger partial charge in [0.05, 0.1) is 0 Å². The summed E-state index contributed by atoms with van der Waals surface area (Å²) in [4.78, 5) is 0. The average molecular weight is 360 g/mol. The lowest BCUT2D eigenvalue weighted by Crippen LogP contribution is -2.25. The van der Waals surface area contributed by atoms with Gasteiger partial charge in [0.2, 0.25) is 0 Å². The van der Waals surface area contributed by atoms with E-state index >= 15 is 0 Å². The predicted molar refractivity (Wildman–Crippen MR) is 108 cm³/mol. The molecule has 0 aliphatic heterocycles. The Kier molecular flexibility index (Phi) is 10.0. The SMILES string of the molecule is CCCCCCCC1CCC(C2CCC(C=CC=C(F)C#N)CC2)CC1. The van der Waals surface area contributed by atoms with E-state index in [0.717, 1.165) is 17.8 Å². The Morgan fingerprint density at radius 2 is 1.54 bits per heavy atom. The van der Waals surface area contributed by atoms with Crippen molar-refractivity contribution in [2.75, 3.05) is 0 Å². The van der Waals surface area contributed by atoms with Crippen molar-refractivity contribution in [1.29, 1.82) is 5.26 Å². The maximum absolute atomic E-state index is 12.8. The second-order valence-electron chi connectivity index (χ2n) is 8.67. The molecule has 0 atom stereocenters. The van der Waals surface area contributed by atoms with Gasteiger partial charge in [-0.1, -0.05) is 70.4 Å². The highest BCUT2D eigenvalue weighted by Gasteiger charge is 2.30. The van der Waals surface area contributed by atoms with E-state index in [1.165, 1.54) is 102 Å². The van der Waals surface area contributed by atoms with E-state index in [4.69, 9.17) is 5.26 Å². The Bertz CT molecular complexity index is 471. The second kappa shape index (κ2) is 12.3. The van der Waals surface area contributed by atoms with Gasteiger partial charge >= 0.3 is 0 Å². The fourth-order valence-electron chi connectivity index (χ4n) is 5.13. The molecule has 2 rings (SSSR count). The van der Waals surface area contributed by atoms with E-state index < -0.39 is 5.83 Å². The Balaban J connectivity index is 1.60. The van der Waals surface area contributed by atoms with E-state index in [1.807, 2.05) is 0 Å². The molecule has 0 heterocycles.